The van der Waals surface area contributed by atoms with Gasteiger partial charge < -0.3 is 29.9 Å². The van der Waals surface area contributed by atoms with Crippen LogP contribution in [-0.4, -0.2) is 73.7 Å². The molecular formula is C29H27Cl2N5O6. The van der Waals surface area contributed by atoms with Gasteiger partial charge >= 0.3 is 0 Å². The number of halogens is 2. The SMILES string of the molecule is O=C1[C@@H]2C[C@@H](O)C[N@+]2([O-])[C@@H](c2cccc([C@H]3N(c4ccc(Cl)cc4)C(=O)[C@@H]4C[C@@H](O)C[N@@+]43[O-])n2)N1c1ccc(Cl)cc1. The summed E-state index contributed by atoms with van der Waals surface area (Å²) in [5, 5.41) is 50.6. The van der Waals surface area contributed by atoms with E-state index in [1.54, 1.807) is 66.7 Å². The first-order valence-electron chi connectivity index (χ1n) is 13.7. The Kier molecular flexibility index (Phi) is 6.39. The second-order valence-electron chi connectivity index (χ2n) is 11.5. The van der Waals surface area contributed by atoms with Crippen molar-refractivity contribution in [1.82, 2.24) is 4.98 Å². The second-order valence-corrected chi connectivity index (χ2v) is 12.4. The number of aliphatic hydroxyl groups is 2. The number of fused-ring (bicyclic) bond motifs is 2. The first-order chi connectivity index (χ1) is 20.0. The molecule has 42 heavy (non-hydrogen) atoms. The molecule has 0 aliphatic carbocycles. The summed E-state index contributed by atoms with van der Waals surface area (Å²) in [5.41, 5.74) is 1.35. The van der Waals surface area contributed by atoms with Gasteiger partial charge in [-0.1, -0.05) is 29.3 Å². The van der Waals surface area contributed by atoms with Crippen molar-refractivity contribution in [3.63, 3.8) is 0 Å². The van der Waals surface area contributed by atoms with Crippen LogP contribution >= 0.6 is 23.2 Å². The highest BCUT2D eigenvalue weighted by Gasteiger charge is 2.63. The lowest BCUT2D eigenvalue weighted by atomic mass is 10.1. The molecule has 0 spiro atoms. The molecule has 0 bridgehead atoms. The molecule has 1 aromatic heterocycles. The van der Waals surface area contributed by atoms with E-state index in [2.05, 4.69) is 0 Å². The Bertz CT molecular complexity index is 1460. The highest BCUT2D eigenvalue weighted by molar-refractivity contribution is 6.31. The second kappa shape index (κ2) is 9.69. The Morgan fingerprint density at radius 3 is 1.45 bits per heavy atom. The Hall–Kier alpha value is -3.13. The fraction of sp³-hybridized carbons (Fsp3) is 0.345. The highest BCUT2D eigenvalue weighted by Crippen LogP contribution is 2.50. The highest BCUT2D eigenvalue weighted by atomic mass is 35.5. The van der Waals surface area contributed by atoms with Crippen LogP contribution in [0.3, 0.4) is 0 Å². The molecule has 8 atom stereocenters. The van der Waals surface area contributed by atoms with Gasteiger partial charge in [-0.2, -0.15) is 0 Å². The van der Waals surface area contributed by atoms with Gasteiger partial charge in [0.2, 0.25) is 12.3 Å². The molecule has 2 aromatic carbocycles. The van der Waals surface area contributed by atoms with Crippen LogP contribution in [0.15, 0.2) is 66.7 Å². The molecule has 3 aromatic rings. The molecule has 0 radical (unpaired) electrons. The number of carbonyl (C=O) groups is 2. The van der Waals surface area contributed by atoms with Crippen LogP contribution in [0, 0.1) is 10.4 Å². The lowest BCUT2D eigenvalue weighted by Gasteiger charge is -2.45. The molecule has 4 aliphatic heterocycles. The van der Waals surface area contributed by atoms with E-state index in [1.807, 2.05) is 0 Å². The fourth-order valence-corrected chi connectivity index (χ4v) is 7.46. The maximum atomic E-state index is 14.4. The van der Waals surface area contributed by atoms with E-state index in [0.717, 1.165) is 0 Å². The molecule has 11 nitrogen and oxygen atoms in total. The molecular weight excluding hydrogens is 585 g/mol. The minimum Gasteiger partial charge on any atom is -0.630 e. The summed E-state index contributed by atoms with van der Waals surface area (Å²) in [5.74, 6) is -0.870. The number of hydroxylamine groups is 6. The summed E-state index contributed by atoms with van der Waals surface area (Å²) in [6, 6.07) is 15.9. The van der Waals surface area contributed by atoms with Crippen molar-refractivity contribution >= 4 is 46.4 Å². The number of hydrogen-bond acceptors (Lipinski definition) is 7. The van der Waals surface area contributed by atoms with Crippen molar-refractivity contribution in [2.75, 3.05) is 22.9 Å². The number of rotatable bonds is 4. The third kappa shape index (κ3) is 4.00. The summed E-state index contributed by atoms with van der Waals surface area (Å²) in [4.78, 5) is 35.0. The summed E-state index contributed by atoms with van der Waals surface area (Å²) >= 11 is 12.2. The summed E-state index contributed by atoms with van der Waals surface area (Å²) in [7, 11) is 0. The van der Waals surface area contributed by atoms with Crippen LogP contribution in [0.2, 0.25) is 10.0 Å². The van der Waals surface area contributed by atoms with Crippen molar-refractivity contribution < 1.29 is 29.1 Å². The first kappa shape index (κ1) is 27.7. The van der Waals surface area contributed by atoms with E-state index in [1.165, 1.54) is 9.80 Å². The van der Waals surface area contributed by atoms with E-state index in [-0.39, 0.29) is 37.3 Å². The number of benzene rings is 2. The van der Waals surface area contributed by atoms with Gasteiger partial charge in [0.25, 0.3) is 11.8 Å². The van der Waals surface area contributed by atoms with Gasteiger partial charge in [0.05, 0.1) is 11.4 Å². The standard InChI is InChI=1S/C29H27Cl2N5O6/c30-16-4-8-18(9-5-16)33-26(35(41)14-20(37)12-24(35)28(33)39)22-2-1-3-23(32-22)27-34(19-10-6-17(31)7-11-19)29(40)25-13-21(38)15-36(25,27)42/h1-11,20-21,24-27,37-38H,12-15H2/t20-,21-,24+,25+,26+,27+,35-,36-/m1/s1. The van der Waals surface area contributed by atoms with Gasteiger partial charge in [-0.15, -0.1) is 0 Å². The maximum Gasteiger partial charge on any atom is 0.290 e. The van der Waals surface area contributed by atoms with Gasteiger partial charge in [0, 0.05) is 22.9 Å². The topological polar surface area (TPSA) is 140 Å². The number of pyridine rings is 1. The van der Waals surface area contributed by atoms with Gasteiger partial charge in [0.15, 0.2) is 12.1 Å². The average molecular weight is 612 g/mol. The number of aromatic nitrogens is 1. The number of aliphatic hydroxyl groups excluding tert-OH is 2. The zero-order valence-electron chi connectivity index (χ0n) is 22.2. The number of nitrogens with zero attached hydrogens (tertiary/aromatic N) is 5. The molecule has 5 heterocycles. The lowest BCUT2D eigenvalue weighted by molar-refractivity contribution is -0.907. The van der Waals surface area contributed by atoms with E-state index >= 15 is 0 Å². The molecule has 2 amide bonds. The number of hydrogen-bond donors (Lipinski definition) is 2. The summed E-state index contributed by atoms with van der Waals surface area (Å²) in [6.07, 6.45) is -4.17. The fourth-order valence-electron chi connectivity index (χ4n) is 7.21. The van der Waals surface area contributed by atoms with Crippen molar-refractivity contribution in [2.24, 2.45) is 0 Å². The van der Waals surface area contributed by atoms with Crippen LogP contribution in [0.25, 0.3) is 0 Å². The quantitative estimate of drug-likeness (QED) is 0.340. The number of quaternary nitrogens is 2. The third-order valence-corrected chi connectivity index (χ3v) is 9.43. The lowest BCUT2D eigenvalue weighted by Crippen LogP contribution is -2.48. The Labute approximate surface area is 251 Å². The molecule has 13 heteroatoms. The smallest absolute Gasteiger partial charge is 0.290 e. The Balaban J connectivity index is 1.37. The van der Waals surface area contributed by atoms with Gasteiger partial charge in [-0.25, -0.2) is 4.98 Å². The average Bonchev–Trinajstić information content (AvgIpc) is 3.57. The normalized spacial score (nSPS) is 35.7. The van der Waals surface area contributed by atoms with Crippen LogP contribution in [-0.2, 0) is 9.59 Å². The van der Waals surface area contributed by atoms with Gasteiger partial charge in [-0.05, 0) is 60.7 Å². The maximum absolute atomic E-state index is 14.4. The molecule has 218 valence electrons. The summed E-state index contributed by atoms with van der Waals surface area (Å²) in [6.45, 7) is -0.405. The number of amides is 2. The van der Waals surface area contributed by atoms with Crippen molar-refractivity contribution in [2.45, 2.75) is 49.5 Å². The minimum atomic E-state index is -1.15. The van der Waals surface area contributed by atoms with Gasteiger partial charge in [-0.3, -0.25) is 19.4 Å². The molecule has 4 aliphatic rings. The molecule has 0 unspecified atom stereocenters. The largest absolute Gasteiger partial charge is 0.630 e. The Morgan fingerprint density at radius 1 is 0.690 bits per heavy atom. The van der Waals surface area contributed by atoms with Crippen LogP contribution in [0.5, 0.6) is 0 Å². The zero-order valence-corrected chi connectivity index (χ0v) is 23.7. The minimum absolute atomic E-state index is 0.0181. The monoisotopic (exact) mass is 611 g/mol. The molecule has 4 fully saturated rings. The van der Waals surface area contributed by atoms with Gasteiger partial charge in [0.1, 0.15) is 36.7 Å². The van der Waals surface area contributed by atoms with E-state index in [4.69, 9.17) is 28.2 Å². The van der Waals surface area contributed by atoms with Crippen molar-refractivity contribution in [3.05, 3.63) is 98.6 Å². The summed E-state index contributed by atoms with van der Waals surface area (Å²) < 4.78 is -2.05. The van der Waals surface area contributed by atoms with Crippen molar-refractivity contribution in [1.29, 1.82) is 0 Å². The van der Waals surface area contributed by atoms with Crippen LogP contribution in [0.1, 0.15) is 36.6 Å². The predicted octanol–water partition coefficient (Wildman–Crippen LogP) is 3.37. The predicted molar refractivity (Wildman–Crippen MR) is 153 cm³/mol. The van der Waals surface area contributed by atoms with Crippen molar-refractivity contribution in [3.8, 4) is 0 Å². The molecule has 2 N–H and O–H groups in total. The van der Waals surface area contributed by atoms with E-state index in [9.17, 15) is 30.2 Å². The van der Waals surface area contributed by atoms with E-state index < -0.39 is 57.7 Å². The first-order valence-corrected chi connectivity index (χ1v) is 14.4. The molecule has 0 saturated carbocycles. The third-order valence-electron chi connectivity index (χ3n) is 8.93. The number of carbonyl (C=O) groups excluding carboxylic acids is 2. The van der Waals surface area contributed by atoms with Crippen LogP contribution in [0.4, 0.5) is 11.4 Å². The zero-order chi connectivity index (χ0) is 29.6. The Morgan fingerprint density at radius 2 is 1.07 bits per heavy atom. The van der Waals surface area contributed by atoms with Crippen LogP contribution < -0.4 is 9.80 Å². The van der Waals surface area contributed by atoms with E-state index in [0.29, 0.717) is 21.4 Å². The molecule has 4 saturated heterocycles. The number of anilines is 2. The molecule has 7 rings (SSSR count).